The monoisotopic (exact) mass is 483 g/mol. The lowest BCUT2D eigenvalue weighted by molar-refractivity contribution is -0.113. The molecule has 2 aromatic carbocycles. The molecule has 0 unspecified atom stereocenters. The second-order valence-corrected chi connectivity index (χ2v) is 8.49. The number of anilines is 1. The van der Waals surface area contributed by atoms with E-state index in [4.69, 9.17) is 9.47 Å². The summed E-state index contributed by atoms with van der Waals surface area (Å²) < 4.78 is 12.3. The summed E-state index contributed by atoms with van der Waals surface area (Å²) in [5.74, 6) is 1.66. The summed E-state index contributed by atoms with van der Waals surface area (Å²) in [7, 11) is 3.14. The lowest BCUT2D eigenvalue weighted by Crippen LogP contribution is -2.28. The highest BCUT2D eigenvalue weighted by atomic mass is 32.2. The third kappa shape index (κ3) is 6.07. The summed E-state index contributed by atoms with van der Waals surface area (Å²) in [5, 5.41) is 14.9. The molecule has 0 aliphatic carbocycles. The molecule has 34 heavy (non-hydrogen) atoms. The van der Waals surface area contributed by atoms with Gasteiger partial charge in [0, 0.05) is 12.1 Å². The van der Waals surface area contributed by atoms with Crippen LogP contribution < -0.4 is 20.1 Å². The van der Waals surface area contributed by atoms with E-state index in [0.29, 0.717) is 40.3 Å². The van der Waals surface area contributed by atoms with Crippen molar-refractivity contribution in [1.29, 1.82) is 0 Å². The Hall–Kier alpha value is -3.53. The number of carbonyl (C=O) groups is 2. The molecule has 0 fully saturated rings. The fourth-order valence-corrected chi connectivity index (χ4v) is 4.16. The van der Waals surface area contributed by atoms with Crippen molar-refractivity contribution in [1.82, 2.24) is 20.1 Å². The first-order chi connectivity index (χ1) is 16.4. The molecule has 3 rings (SSSR count). The largest absolute Gasteiger partial charge is 0.497 e. The van der Waals surface area contributed by atoms with Crippen LogP contribution in [0.5, 0.6) is 11.5 Å². The zero-order valence-corrected chi connectivity index (χ0v) is 20.7. The number of carbonyl (C=O) groups excluding carboxylic acids is 2. The molecule has 3 aromatic rings. The van der Waals surface area contributed by atoms with Gasteiger partial charge in [0.2, 0.25) is 5.91 Å². The number of nitrogens with zero attached hydrogens (tertiary/aromatic N) is 3. The molecule has 1 heterocycles. The Labute approximate surface area is 203 Å². The highest BCUT2D eigenvalue weighted by Crippen LogP contribution is 2.26. The van der Waals surface area contributed by atoms with Crippen molar-refractivity contribution < 1.29 is 19.1 Å². The van der Waals surface area contributed by atoms with Crippen LogP contribution >= 0.6 is 11.8 Å². The van der Waals surface area contributed by atoms with Crippen molar-refractivity contribution in [3.05, 3.63) is 59.4 Å². The van der Waals surface area contributed by atoms with Gasteiger partial charge < -0.3 is 24.7 Å². The predicted molar refractivity (Wildman–Crippen MR) is 132 cm³/mol. The third-order valence-corrected chi connectivity index (χ3v) is 6.08. The molecule has 2 N–H and O–H groups in total. The van der Waals surface area contributed by atoms with Gasteiger partial charge in [-0.2, -0.15) is 0 Å². The smallest absolute Gasteiger partial charge is 0.251 e. The van der Waals surface area contributed by atoms with Crippen molar-refractivity contribution in [3.63, 3.8) is 0 Å². The van der Waals surface area contributed by atoms with Gasteiger partial charge in [-0.15, -0.1) is 10.2 Å². The molecule has 0 saturated heterocycles. The lowest BCUT2D eigenvalue weighted by atomic mass is 10.2. The van der Waals surface area contributed by atoms with Gasteiger partial charge in [0.25, 0.3) is 5.91 Å². The minimum absolute atomic E-state index is 0.155. The van der Waals surface area contributed by atoms with E-state index in [1.165, 1.54) is 11.8 Å². The highest BCUT2D eigenvalue weighted by Gasteiger charge is 2.20. The zero-order chi connectivity index (χ0) is 24.7. The standard InChI is InChI=1S/C24H29N5O4S/c1-6-29-22(16(3)25-23(31)17-8-10-18(32-4)11-9-17)27-28-24(29)34-14-21(30)26-19-13-15(2)7-12-20(19)33-5/h7-13,16H,6,14H2,1-5H3,(H,25,31)(H,26,30)/t16-/m0/s1. The number of hydrogen-bond acceptors (Lipinski definition) is 7. The molecule has 10 heteroatoms. The lowest BCUT2D eigenvalue weighted by Gasteiger charge is -2.15. The predicted octanol–water partition coefficient (Wildman–Crippen LogP) is 3.85. The molecular weight excluding hydrogens is 454 g/mol. The molecule has 0 aliphatic rings. The first-order valence-electron chi connectivity index (χ1n) is 10.8. The quantitative estimate of drug-likeness (QED) is 0.422. The Morgan fingerprint density at radius 1 is 1.09 bits per heavy atom. The van der Waals surface area contributed by atoms with E-state index in [1.54, 1.807) is 38.5 Å². The number of thioether (sulfide) groups is 1. The van der Waals surface area contributed by atoms with E-state index in [9.17, 15) is 9.59 Å². The molecule has 180 valence electrons. The van der Waals surface area contributed by atoms with Gasteiger partial charge >= 0.3 is 0 Å². The van der Waals surface area contributed by atoms with E-state index < -0.39 is 0 Å². The van der Waals surface area contributed by atoms with Gasteiger partial charge in [0.15, 0.2) is 11.0 Å². The Morgan fingerprint density at radius 2 is 1.82 bits per heavy atom. The van der Waals surface area contributed by atoms with Crippen LogP contribution in [-0.2, 0) is 11.3 Å². The second kappa shape index (κ2) is 11.6. The van der Waals surface area contributed by atoms with Crippen LogP contribution in [0.4, 0.5) is 5.69 Å². The van der Waals surface area contributed by atoms with Gasteiger partial charge in [0.1, 0.15) is 11.5 Å². The van der Waals surface area contributed by atoms with Crippen LogP contribution in [0.25, 0.3) is 0 Å². The van der Waals surface area contributed by atoms with E-state index in [-0.39, 0.29) is 23.6 Å². The number of ether oxygens (including phenoxy) is 2. The summed E-state index contributed by atoms with van der Waals surface area (Å²) in [6.07, 6.45) is 0. The number of benzene rings is 2. The van der Waals surface area contributed by atoms with Gasteiger partial charge in [-0.25, -0.2) is 0 Å². The fraction of sp³-hybridized carbons (Fsp3) is 0.333. The average molecular weight is 484 g/mol. The third-order valence-electron chi connectivity index (χ3n) is 5.11. The second-order valence-electron chi connectivity index (χ2n) is 7.55. The van der Waals surface area contributed by atoms with Crippen LogP contribution in [0, 0.1) is 6.92 Å². The van der Waals surface area contributed by atoms with E-state index >= 15 is 0 Å². The van der Waals surface area contributed by atoms with Crippen molar-refractivity contribution >= 4 is 29.3 Å². The molecule has 1 atom stereocenters. The first-order valence-corrected chi connectivity index (χ1v) is 11.8. The topological polar surface area (TPSA) is 107 Å². The minimum atomic E-state index is -0.373. The Morgan fingerprint density at radius 3 is 2.47 bits per heavy atom. The number of amides is 2. The number of nitrogens with one attached hydrogen (secondary N) is 2. The Bertz CT molecular complexity index is 1150. The summed E-state index contributed by atoms with van der Waals surface area (Å²) in [4.78, 5) is 25.2. The molecule has 0 radical (unpaired) electrons. The van der Waals surface area contributed by atoms with Crippen LogP contribution in [0.1, 0.15) is 41.6 Å². The van der Waals surface area contributed by atoms with Crippen molar-refractivity contribution in [3.8, 4) is 11.5 Å². The average Bonchev–Trinajstić information content (AvgIpc) is 3.26. The van der Waals surface area contributed by atoms with Crippen LogP contribution in [0.2, 0.25) is 0 Å². The van der Waals surface area contributed by atoms with E-state index in [2.05, 4.69) is 20.8 Å². The van der Waals surface area contributed by atoms with Gasteiger partial charge in [-0.3, -0.25) is 9.59 Å². The Balaban J connectivity index is 1.63. The maximum Gasteiger partial charge on any atom is 0.251 e. The Kier molecular flexibility index (Phi) is 8.53. The summed E-state index contributed by atoms with van der Waals surface area (Å²) in [5.41, 5.74) is 2.17. The van der Waals surface area contributed by atoms with Gasteiger partial charge in [0.05, 0.1) is 31.7 Å². The molecule has 0 saturated carbocycles. The molecular formula is C24H29N5O4S. The number of rotatable bonds is 10. The summed E-state index contributed by atoms with van der Waals surface area (Å²) >= 11 is 1.28. The maximum absolute atomic E-state index is 12.6. The zero-order valence-electron chi connectivity index (χ0n) is 19.9. The van der Waals surface area contributed by atoms with Crippen molar-refractivity contribution in [2.24, 2.45) is 0 Å². The van der Waals surface area contributed by atoms with E-state index in [0.717, 1.165) is 5.56 Å². The molecule has 9 nitrogen and oxygen atoms in total. The van der Waals surface area contributed by atoms with Crippen molar-refractivity contribution in [2.75, 3.05) is 25.3 Å². The first kappa shape index (κ1) is 25.1. The van der Waals surface area contributed by atoms with Crippen LogP contribution in [-0.4, -0.2) is 46.6 Å². The van der Waals surface area contributed by atoms with Crippen LogP contribution in [0.15, 0.2) is 47.6 Å². The number of hydrogen-bond donors (Lipinski definition) is 2. The molecule has 0 spiro atoms. The van der Waals surface area contributed by atoms with Crippen LogP contribution in [0.3, 0.4) is 0 Å². The minimum Gasteiger partial charge on any atom is -0.497 e. The summed E-state index contributed by atoms with van der Waals surface area (Å²) in [6, 6.07) is 12.1. The molecule has 1 aromatic heterocycles. The number of aryl methyl sites for hydroxylation is 1. The number of aromatic nitrogens is 3. The number of methoxy groups -OCH3 is 2. The molecule has 2 amide bonds. The van der Waals surface area contributed by atoms with Gasteiger partial charge in [-0.1, -0.05) is 17.8 Å². The van der Waals surface area contributed by atoms with Gasteiger partial charge in [-0.05, 0) is 62.7 Å². The SMILES string of the molecule is CCn1c(SCC(=O)Nc2cc(C)ccc2OC)nnc1[C@H](C)NC(=O)c1ccc(OC)cc1. The summed E-state index contributed by atoms with van der Waals surface area (Å²) in [6.45, 7) is 6.36. The highest BCUT2D eigenvalue weighted by molar-refractivity contribution is 7.99. The van der Waals surface area contributed by atoms with E-state index in [1.807, 2.05) is 43.5 Å². The maximum atomic E-state index is 12.6. The normalized spacial score (nSPS) is 11.6. The van der Waals surface area contributed by atoms with Crippen molar-refractivity contribution in [2.45, 2.75) is 38.5 Å². The molecule has 0 bridgehead atoms. The molecule has 0 aliphatic heterocycles. The fourth-order valence-electron chi connectivity index (χ4n) is 3.35.